The maximum atomic E-state index is 13.3. The molecule has 0 amide bonds. The molecule has 0 bridgehead atoms. The van der Waals surface area contributed by atoms with Gasteiger partial charge in [-0.1, -0.05) is 20.8 Å². The second-order valence-corrected chi connectivity index (χ2v) is 5.77. The Bertz CT molecular complexity index is 715. The minimum Gasteiger partial charge on any atom is -0.310 e. The highest BCUT2D eigenvalue weighted by molar-refractivity contribution is 5.62. The lowest BCUT2D eigenvalue weighted by molar-refractivity contribution is 0.509. The van der Waals surface area contributed by atoms with Crippen molar-refractivity contribution in [3.63, 3.8) is 0 Å². The van der Waals surface area contributed by atoms with Gasteiger partial charge in [-0.25, -0.2) is 13.8 Å². The number of rotatable bonds is 1. The van der Waals surface area contributed by atoms with Gasteiger partial charge in [-0.2, -0.15) is 0 Å². The Morgan fingerprint density at radius 1 is 1.15 bits per heavy atom. The minimum absolute atomic E-state index is 0.273. The summed E-state index contributed by atoms with van der Waals surface area (Å²) in [7, 11) is 0. The second-order valence-electron chi connectivity index (χ2n) is 5.77. The molecule has 0 fully saturated rings. The third-order valence-electron chi connectivity index (χ3n) is 3.05. The fourth-order valence-corrected chi connectivity index (χ4v) is 1.81. The van der Waals surface area contributed by atoms with Crippen molar-refractivity contribution in [1.82, 2.24) is 9.97 Å². The van der Waals surface area contributed by atoms with E-state index in [1.807, 2.05) is 20.8 Å². The Hall–Kier alpha value is -2.04. The van der Waals surface area contributed by atoms with E-state index in [4.69, 9.17) is 0 Å². The lowest BCUT2D eigenvalue weighted by Gasteiger charge is -2.18. The first-order valence-corrected chi connectivity index (χ1v) is 6.27. The molecule has 106 valence electrons. The Labute approximate surface area is 115 Å². The van der Waals surface area contributed by atoms with Crippen molar-refractivity contribution >= 4 is 0 Å². The van der Waals surface area contributed by atoms with Crippen LogP contribution < -0.4 is 5.56 Å². The van der Waals surface area contributed by atoms with Crippen LogP contribution in [0.4, 0.5) is 8.78 Å². The van der Waals surface area contributed by atoms with Crippen LogP contribution in [0.25, 0.3) is 11.3 Å². The molecule has 0 saturated heterocycles. The van der Waals surface area contributed by atoms with Crippen LogP contribution in [0.2, 0.25) is 0 Å². The van der Waals surface area contributed by atoms with Gasteiger partial charge in [0.05, 0.1) is 5.69 Å². The molecule has 0 atom stereocenters. The van der Waals surface area contributed by atoms with Gasteiger partial charge in [0, 0.05) is 16.5 Å². The molecule has 0 radical (unpaired) electrons. The zero-order valence-electron chi connectivity index (χ0n) is 11.8. The van der Waals surface area contributed by atoms with Crippen molar-refractivity contribution < 1.29 is 8.78 Å². The van der Waals surface area contributed by atoms with E-state index in [0.717, 1.165) is 12.1 Å². The van der Waals surface area contributed by atoms with Gasteiger partial charge in [0.15, 0.2) is 11.6 Å². The zero-order valence-corrected chi connectivity index (χ0v) is 11.8. The molecular weight excluding hydrogens is 262 g/mol. The first-order valence-electron chi connectivity index (χ1n) is 6.27. The van der Waals surface area contributed by atoms with Gasteiger partial charge < -0.3 is 4.98 Å². The normalized spacial score (nSPS) is 11.7. The average Bonchev–Trinajstić information content (AvgIpc) is 2.34. The summed E-state index contributed by atoms with van der Waals surface area (Å²) in [5.41, 5.74) is 0.518. The highest BCUT2D eigenvalue weighted by atomic mass is 19.2. The fourth-order valence-electron chi connectivity index (χ4n) is 1.81. The number of hydrogen-bond donors (Lipinski definition) is 1. The molecule has 20 heavy (non-hydrogen) atoms. The molecule has 0 unspecified atom stereocenters. The van der Waals surface area contributed by atoms with Gasteiger partial charge in [-0.05, 0) is 25.1 Å². The first-order chi connectivity index (χ1) is 9.20. The maximum absolute atomic E-state index is 13.3. The number of benzene rings is 1. The number of aromatic amines is 1. The molecule has 1 aromatic heterocycles. The van der Waals surface area contributed by atoms with E-state index in [1.54, 1.807) is 6.92 Å². The van der Waals surface area contributed by atoms with Crippen LogP contribution in [0.3, 0.4) is 0 Å². The summed E-state index contributed by atoms with van der Waals surface area (Å²) in [4.78, 5) is 19.1. The van der Waals surface area contributed by atoms with Crippen LogP contribution in [0.5, 0.6) is 0 Å². The van der Waals surface area contributed by atoms with Crippen molar-refractivity contribution in [2.45, 2.75) is 33.1 Å². The number of nitrogens with zero attached hydrogens (tertiary/aromatic N) is 1. The summed E-state index contributed by atoms with van der Waals surface area (Å²) in [6.45, 7) is 7.34. The van der Waals surface area contributed by atoms with E-state index in [-0.39, 0.29) is 11.0 Å². The van der Waals surface area contributed by atoms with Crippen molar-refractivity contribution in [3.8, 4) is 11.3 Å². The molecule has 0 saturated carbocycles. The molecule has 2 rings (SSSR count). The summed E-state index contributed by atoms with van der Waals surface area (Å²) in [5.74, 6) is -1.37. The quantitative estimate of drug-likeness (QED) is 0.869. The number of nitrogens with one attached hydrogen (secondary N) is 1. The number of halogens is 2. The lowest BCUT2D eigenvalue weighted by atomic mass is 9.95. The molecule has 1 aromatic carbocycles. The molecule has 0 spiro atoms. The molecule has 2 aromatic rings. The van der Waals surface area contributed by atoms with E-state index < -0.39 is 11.6 Å². The topological polar surface area (TPSA) is 45.8 Å². The third-order valence-corrected chi connectivity index (χ3v) is 3.05. The minimum atomic E-state index is -0.957. The Morgan fingerprint density at radius 3 is 2.35 bits per heavy atom. The summed E-state index contributed by atoms with van der Waals surface area (Å²) in [6, 6.07) is 3.50. The Morgan fingerprint density at radius 2 is 1.80 bits per heavy atom. The van der Waals surface area contributed by atoms with E-state index >= 15 is 0 Å². The molecule has 5 heteroatoms. The van der Waals surface area contributed by atoms with E-state index in [0.29, 0.717) is 22.6 Å². The zero-order chi connectivity index (χ0) is 15.1. The fraction of sp³-hybridized carbons (Fsp3) is 0.333. The maximum Gasteiger partial charge on any atom is 0.254 e. The summed E-state index contributed by atoms with van der Waals surface area (Å²) in [6.07, 6.45) is 0. The predicted octanol–water partition coefficient (Wildman–Crippen LogP) is 3.32. The van der Waals surface area contributed by atoms with Gasteiger partial charge in [0.25, 0.3) is 5.56 Å². The number of aromatic nitrogens is 2. The molecule has 1 N–H and O–H groups in total. The van der Waals surface area contributed by atoms with Crippen molar-refractivity contribution in [1.29, 1.82) is 0 Å². The van der Waals surface area contributed by atoms with Crippen molar-refractivity contribution in [3.05, 3.63) is 51.6 Å². The lowest BCUT2D eigenvalue weighted by Crippen LogP contribution is -2.24. The van der Waals surface area contributed by atoms with Crippen LogP contribution in [0, 0.1) is 18.6 Å². The molecule has 0 aliphatic rings. The van der Waals surface area contributed by atoms with Gasteiger partial charge >= 0.3 is 0 Å². The van der Waals surface area contributed by atoms with Crippen LogP contribution in [-0.4, -0.2) is 9.97 Å². The average molecular weight is 278 g/mol. The van der Waals surface area contributed by atoms with E-state index in [9.17, 15) is 13.6 Å². The third kappa shape index (κ3) is 2.61. The molecule has 3 nitrogen and oxygen atoms in total. The van der Waals surface area contributed by atoms with E-state index in [2.05, 4.69) is 9.97 Å². The summed E-state index contributed by atoms with van der Waals surface area (Å²) >= 11 is 0. The van der Waals surface area contributed by atoms with Crippen LogP contribution >= 0.6 is 0 Å². The van der Waals surface area contributed by atoms with E-state index in [1.165, 1.54) is 6.07 Å². The summed E-state index contributed by atoms with van der Waals surface area (Å²) < 4.78 is 26.3. The molecule has 0 aliphatic carbocycles. The summed E-state index contributed by atoms with van der Waals surface area (Å²) in [5, 5.41) is 0. The van der Waals surface area contributed by atoms with Crippen molar-refractivity contribution in [2.24, 2.45) is 0 Å². The number of hydrogen-bond acceptors (Lipinski definition) is 2. The largest absolute Gasteiger partial charge is 0.310 e. The SMILES string of the molecule is Cc1c(-c2ccc(F)c(F)c2)nc(C(C)(C)C)[nH]c1=O. The van der Waals surface area contributed by atoms with Gasteiger partial charge in [0.2, 0.25) is 0 Å². The molecule has 0 aliphatic heterocycles. The highest BCUT2D eigenvalue weighted by Crippen LogP contribution is 2.24. The standard InChI is InChI=1S/C15H16F2N2O/c1-8-12(9-5-6-10(16)11(17)7-9)18-14(15(2,3)4)19-13(8)20/h5-7H,1-4H3,(H,18,19,20). The Balaban J connectivity index is 2.70. The smallest absolute Gasteiger partial charge is 0.254 e. The number of H-pyrrole nitrogens is 1. The van der Waals surface area contributed by atoms with Gasteiger partial charge in [-0.3, -0.25) is 4.79 Å². The molecular formula is C15H16F2N2O. The monoisotopic (exact) mass is 278 g/mol. The second kappa shape index (κ2) is 4.81. The van der Waals surface area contributed by atoms with Gasteiger partial charge in [0.1, 0.15) is 5.82 Å². The van der Waals surface area contributed by atoms with Crippen LogP contribution in [0.1, 0.15) is 32.2 Å². The van der Waals surface area contributed by atoms with Gasteiger partial charge in [-0.15, -0.1) is 0 Å². The van der Waals surface area contributed by atoms with Crippen LogP contribution in [-0.2, 0) is 5.41 Å². The van der Waals surface area contributed by atoms with Crippen LogP contribution in [0.15, 0.2) is 23.0 Å². The highest BCUT2D eigenvalue weighted by Gasteiger charge is 2.20. The Kier molecular flexibility index (Phi) is 3.46. The van der Waals surface area contributed by atoms with Crippen molar-refractivity contribution in [2.75, 3.05) is 0 Å². The first kappa shape index (κ1) is 14.4. The molecule has 1 heterocycles. The predicted molar refractivity (Wildman–Crippen MR) is 73.6 cm³/mol.